The van der Waals surface area contributed by atoms with Crippen molar-refractivity contribution >= 4 is 21.9 Å². The highest BCUT2D eigenvalue weighted by molar-refractivity contribution is 9.10. The van der Waals surface area contributed by atoms with Gasteiger partial charge in [0.15, 0.2) is 5.96 Å². The minimum absolute atomic E-state index is 0.316. The van der Waals surface area contributed by atoms with Crippen molar-refractivity contribution in [3.8, 4) is 0 Å². The molecule has 0 spiro atoms. The maximum absolute atomic E-state index is 5.69. The number of nitrogens with two attached hydrogens (primary N) is 1. The number of hydrogen-bond donors (Lipinski definition) is 2. The summed E-state index contributed by atoms with van der Waals surface area (Å²) >= 11 is 3.41. The summed E-state index contributed by atoms with van der Waals surface area (Å²) in [5.74, 6) is 0.491. The van der Waals surface area contributed by atoms with Crippen LogP contribution in [0.3, 0.4) is 0 Å². The highest BCUT2D eigenvalue weighted by Crippen LogP contribution is 2.12. The van der Waals surface area contributed by atoms with E-state index in [4.69, 9.17) is 5.73 Å². The molecule has 0 unspecified atom stereocenters. The van der Waals surface area contributed by atoms with Crippen LogP contribution in [-0.4, -0.2) is 12.0 Å². The third kappa shape index (κ3) is 4.83. The van der Waals surface area contributed by atoms with Crippen molar-refractivity contribution in [2.24, 2.45) is 10.7 Å². The molecule has 0 atom stereocenters. The predicted molar refractivity (Wildman–Crippen MR) is 67.7 cm³/mol. The monoisotopic (exact) mass is 269 g/mol. The van der Waals surface area contributed by atoms with Crippen LogP contribution in [0, 0.1) is 0 Å². The van der Waals surface area contributed by atoms with Gasteiger partial charge in [-0.1, -0.05) is 28.1 Å². The van der Waals surface area contributed by atoms with Crippen LogP contribution in [-0.2, 0) is 6.54 Å². The third-order valence-electron chi connectivity index (χ3n) is 1.76. The van der Waals surface area contributed by atoms with Crippen LogP contribution in [0.2, 0.25) is 0 Å². The molecule has 4 heteroatoms. The Morgan fingerprint density at radius 2 is 2.27 bits per heavy atom. The molecule has 3 N–H and O–H groups in total. The Bertz CT molecular complexity index is 347. The van der Waals surface area contributed by atoms with Gasteiger partial charge < -0.3 is 11.1 Å². The van der Waals surface area contributed by atoms with E-state index >= 15 is 0 Å². The van der Waals surface area contributed by atoms with Crippen LogP contribution in [0.4, 0.5) is 0 Å². The molecule has 3 nitrogen and oxygen atoms in total. The first-order chi connectivity index (χ1) is 7.08. The first-order valence-corrected chi connectivity index (χ1v) is 5.68. The van der Waals surface area contributed by atoms with Crippen molar-refractivity contribution in [1.82, 2.24) is 5.32 Å². The van der Waals surface area contributed by atoms with E-state index in [1.165, 1.54) is 0 Å². The molecule has 1 rings (SSSR count). The molecule has 0 aliphatic carbocycles. The van der Waals surface area contributed by atoms with E-state index in [9.17, 15) is 0 Å². The van der Waals surface area contributed by atoms with Gasteiger partial charge in [0.2, 0.25) is 0 Å². The summed E-state index contributed by atoms with van der Waals surface area (Å²) < 4.78 is 1.06. The fraction of sp³-hybridized carbons (Fsp3) is 0.364. The second kappa shape index (κ2) is 5.75. The Morgan fingerprint density at radius 3 is 2.87 bits per heavy atom. The minimum Gasteiger partial charge on any atom is -0.370 e. The fourth-order valence-electron chi connectivity index (χ4n) is 1.15. The van der Waals surface area contributed by atoms with Gasteiger partial charge in [-0.25, -0.2) is 4.99 Å². The Morgan fingerprint density at radius 1 is 1.53 bits per heavy atom. The number of aliphatic imine (C=N–C) groups is 1. The predicted octanol–water partition coefficient (Wildman–Crippen LogP) is 2.26. The largest absolute Gasteiger partial charge is 0.370 e. The molecule has 0 aromatic heterocycles. The molecule has 0 saturated carbocycles. The number of guanidine groups is 1. The molecule has 0 heterocycles. The van der Waals surface area contributed by atoms with Gasteiger partial charge >= 0.3 is 0 Å². The van der Waals surface area contributed by atoms with Crippen molar-refractivity contribution in [2.75, 3.05) is 0 Å². The first-order valence-electron chi connectivity index (χ1n) is 4.89. The van der Waals surface area contributed by atoms with Crippen molar-refractivity contribution in [1.29, 1.82) is 0 Å². The lowest BCUT2D eigenvalue weighted by Gasteiger charge is -2.08. The highest BCUT2D eigenvalue weighted by Gasteiger charge is 1.96. The fourth-order valence-corrected chi connectivity index (χ4v) is 1.60. The van der Waals surface area contributed by atoms with Gasteiger partial charge in [-0.15, -0.1) is 0 Å². The molecular formula is C11H16BrN3. The average molecular weight is 270 g/mol. The molecule has 0 amide bonds. The van der Waals surface area contributed by atoms with Crippen LogP contribution < -0.4 is 11.1 Å². The van der Waals surface area contributed by atoms with E-state index < -0.39 is 0 Å². The van der Waals surface area contributed by atoms with Crippen LogP contribution in [0.5, 0.6) is 0 Å². The van der Waals surface area contributed by atoms with Gasteiger partial charge in [-0.3, -0.25) is 0 Å². The van der Waals surface area contributed by atoms with Crippen LogP contribution in [0.1, 0.15) is 19.4 Å². The van der Waals surface area contributed by atoms with Gasteiger partial charge in [0, 0.05) is 10.5 Å². The standard InChI is InChI=1S/C11H16BrN3/c1-8(2)15-11(13)14-7-9-4-3-5-10(12)6-9/h3-6,8H,7H2,1-2H3,(H3,13,14,15). The number of hydrogen-bond acceptors (Lipinski definition) is 1. The van der Waals surface area contributed by atoms with E-state index in [0.29, 0.717) is 18.5 Å². The van der Waals surface area contributed by atoms with Crippen LogP contribution in [0.15, 0.2) is 33.7 Å². The number of nitrogens with one attached hydrogen (secondary N) is 1. The number of benzene rings is 1. The summed E-state index contributed by atoms with van der Waals surface area (Å²) in [5, 5.41) is 3.04. The second-order valence-electron chi connectivity index (χ2n) is 3.63. The van der Waals surface area contributed by atoms with Crippen LogP contribution in [0.25, 0.3) is 0 Å². The zero-order valence-electron chi connectivity index (χ0n) is 9.00. The SMILES string of the molecule is CC(C)NC(N)=NCc1cccc(Br)c1. The van der Waals surface area contributed by atoms with Crippen molar-refractivity contribution in [2.45, 2.75) is 26.4 Å². The maximum Gasteiger partial charge on any atom is 0.189 e. The Balaban J connectivity index is 2.56. The third-order valence-corrected chi connectivity index (χ3v) is 2.25. The lowest BCUT2D eigenvalue weighted by atomic mass is 10.2. The van der Waals surface area contributed by atoms with E-state index in [1.807, 2.05) is 38.1 Å². The minimum atomic E-state index is 0.316. The lowest BCUT2D eigenvalue weighted by molar-refractivity contribution is 0.723. The molecule has 15 heavy (non-hydrogen) atoms. The average Bonchev–Trinajstić information content (AvgIpc) is 2.14. The normalized spacial score (nSPS) is 11.9. The zero-order chi connectivity index (χ0) is 11.3. The molecular weight excluding hydrogens is 254 g/mol. The van der Waals surface area contributed by atoms with Gasteiger partial charge in [0.05, 0.1) is 6.54 Å². The molecule has 0 fully saturated rings. The smallest absolute Gasteiger partial charge is 0.189 e. The summed E-state index contributed by atoms with van der Waals surface area (Å²) in [4.78, 5) is 4.24. The molecule has 1 aromatic carbocycles. The summed E-state index contributed by atoms with van der Waals surface area (Å²) in [6.45, 7) is 4.66. The summed E-state index contributed by atoms with van der Waals surface area (Å²) in [7, 11) is 0. The number of halogens is 1. The highest BCUT2D eigenvalue weighted by atomic mass is 79.9. The maximum atomic E-state index is 5.69. The van der Waals surface area contributed by atoms with E-state index in [0.717, 1.165) is 10.0 Å². The topological polar surface area (TPSA) is 50.4 Å². The summed E-state index contributed by atoms with van der Waals surface area (Å²) in [6.07, 6.45) is 0. The molecule has 82 valence electrons. The quantitative estimate of drug-likeness (QED) is 0.654. The van der Waals surface area contributed by atoms with Crippen LogP contribution >= 0.6 is 15.9 Å². The molecule has 0 bridgehead atoms. The summed E-state index contributed by atoms with van der Waals surface area (Å²) in [6, 6.07) is 8.35. The van der Waals surface area contributed by atoms with Crippen molar-refractivity contribution < 1.29 is 0 Å². The molecule has 0 radical (unpaired) electrons. The summed E-state index contributed by atoms with van der Waals surface area (Å²) in [5.41, 5.74) is 6.82. The van der Waals surface area contributed by atoms with Gasteiger partial charge in [-0.05, 0) is 31.5 Å². The number of rotatable bonds is 3. The van der Waals surface area contributed by atoms with E-state index in [1.54, 1.807) is 0 Å². The molecule has 0 aliphatic rings. The molecule has 0 saturated heterocycles. The first kappa shape index (κ1) is 12.0. The zero-order valence-corrected chi connectivity index (χ0v) is 10.6. The second-order valence-corrected chi connectivity index (χ2v) is 4.55. The lowest BCUT2D eigenvalue weighted by Crippen LogP contribution is -2.36. The Kier molecular flexibility index (Phi) is 4.62. The van der Waals surface area contributed by atoms with Gasteiger partial charge in [0.25, 0.3) is 0 Å². The Labute approximate surface area is 98.9 Å². The molecule has 0 aliphatic heterocycles. The molecule has 1 aromatic rings. The Hall–Kier alpha value is -1.03. The van der Waals surface area contributed by atoms with Crippen molar-refractivity contribution in [3.05, 3.63) is 34.3 Å². The van der Waals surface area contributed by atoms with Gasteiger partial charge in [0.1, 0.15) is 0 Å². The number of nitrogens with zero attached hydrogens (tertiary/aromatic N) is 1. The van der Waals surface area contributed by atoms with Crippen molar-refractivity contribution in [3.63, 3.8) is 0 Å². The van der Waals surface area contributed by atoms with E-state index in [-0.39, 0.29) is 0 Å². The van der Waals surface area contributed by atoms with Gasteiger partial charge in [-0.2, -0.15) is 0 Å². The van der Waals surface area contributed by atoms with E-state index in [2.05, 4.69) is 26.2 Å².